The third kappa shape index (κ3) is 5.98. The van der Waals surface area contributed by atoms with Crippen LogP contribution in [-0.2, 0) is 9.59 Å². The van der Waals surface area contributed by atoms with E-state index >= 15 is 0 Å². The highest BCUT2D eigenvalue weighted by atomic mass is 79.9. The largest absolute Gasteiger partial charge is 0.493 e. The molecule has 0 bridgehead atoms. The number of hydrogen-bond acceptors (Lipinski definition) is 6. The molecular weight excluding hydrogens is 560 g/mol. The number of carbonyl (C=O) groups is 2. The van der Waals surface area contributed by atoms with Gasteiger partial charge in [-0.3, -0.25) is 14.5 Å². The summed E-state index contributed by atoms with van der Waals surface area (Å²) in [6.07, 6.45) is 1.76. The van der Waals surface area contributed by atoms with Crippen molar-refractivity contribution < 1.29 is 19.1 Å². The first kappa shape index (κ1) is 25.9. The minimum Gasteiger partial charge on any atom is -0.493 e. The number of thioether (sulfide) groups is 1. The number of amides is 2. The summed E-state index contributed by atoms with van der Waals surface area (Å²) in [6, 6.07) is 18.7. The van der Waals surface area contributed by atoms with E-state index in [-0.39, 0.29) is 18.4 Å². The van der Waals surface area contributed by atoms with Gasteiger partial charge in [0, 0.05) is 5.69 Å². The van der Waals surface area contributed by atoms with E-state index in [0.29, 0.717) is 30.9 Å². The highest BCUT2D eigenvalue weighted by Gasteiger charge is 2.33. The van der Waals surface area contributed by atoms with E-state index < -0.39 is 0 Å². The van der Waals surface area contributed by atoms with Gasteiger partial charge >= 0.3 is 0 Å². The van der Waals surface area contributed by atoms with Crippen molar-refractivity contribution in [2.24, 2.45) is 0 Å². The second-order valence-electron chi connectivity index (χ2n) is 8.09. The van der Waals surface area contributed by atoms with Crippen molar-refractivity contribution in [2.45, 2.75) is 13.8 Å². The number of ether oxygens (including phenoxy) is 2. The number of carbonyl (C=O) groups excluding carboxylic acids is 2. The SMILES string of the molecule is COc1cc(/C=C2\SC(=S)N(c3cccc(C)c3)C2=O)cc(Br)c1OCC(=O)Nc1ccc(C)cc1. The maximum Gasteiger partial charge on any atom is 0.270 e. The molecule has 1 heterocycles. The molecule has 1 N–H and O–H groups in total. The molecule has 1 aliphatic rings. The predicted octanol–water partition coefficient (Wildman–Crippen LogP) is 6.50. The van der Waals surface area contributed by atoms with E-state index in [1.165, 1.54) is 23.8 Å². The third-order valence-corrected chi connectivity index (χ3v) is 7.18. The van der Waals surface area contributed by atoms with Gasteiger partial charge in [0.15, 0.2) is 22.4 Å². The van der Waals surface area contributed by atoms with Gasteiger partial charge in [0.25, 0.3) is 11.8 Å². The van der Waals surface area contributed by atoms with Crippen LogP contribution < -0.4 is 19.7 Å². The summed E-state index contributed by atoms with van der Waals surface area (Å²) in [7, 11) is 1.52. The zero-order valence-electron chi connectivity index (χ0n) is 19.8. The molecule has 0 aliphatic carbocycles. The number of hydrogen-bond donors (Lipinski definition) is 1. The molecule has 0 aromatic heterocycles. The van der Waals surface area contributed by atoms with Crippen molar-refractivity contribution in [3.05, 3.63) is 86.7 Å². The smallest absolute Gasteiger partial charge is 0.270 e. The molecule has 2 amide bonds. The van der Waals surface area contributed by atoms with Crippen LogP contribution >= 0.6 is 39.9 Å². The van der Waals surface area contributed by atoms with Crippen LogP contribution in [0.5, 0.6) is 11.5 Å². The van der Waals surface area contributed by atoms with Gasteiger partial charge in [-0.2, -0.15) is 0 Å². The van der Waals surface area contributed by atoms with Crippen molar-refractivity contribution >= 4 is 73.5 Å². The van der Waals surface area contributed by atoms with Crippen molar-refractivity contribution in [1.82, 2.24) is 0 Å². The number of anilines is 2. The van der Waals surface area contributed by atoms with E-state index in [4.69, 9.17) is 21.7 Å². The summed E-state index contributed by atoms with van der Waals surface area (Å²) in [5.41, 5.74) is 4.31. The van der Waals surface area contributed by atoms with Crippen LogP contribution in [-0.4, -0.2) is 29.9 Å². The normalized spacial score (nSPS) is 14.3. The van der Waals surface area contributed by atoms with E-state index in [1.54, 1.807) is 18.2 Å². The Hall–Kier alpha value is -3.14. The molecule has 0 spiro atoms. The van der Waals surface area contributed by atoms with Gasteiger partial charge in [-0.05, 0) is 83.4 Å². The predicted molar refractivity (Wildman–Crippen MR) is 153 cm³/mol. The van der Waals surface area contributed by atoms with E-state index in [2.05, 4.69) is 21.2 Å². The van der Waals surface area contributed by atoms with Crippen LogP contribution in [0, 0.1) is 13.8 Å². The maximum atomic E-state index is 13.1. The molecule has 1 fully saturated rings. The Bertz CT molecular complexity index is 1370. The number of rotatable bonds is 7. The molecule has 1 saturated heterocycles. The van der Waals surface area contributed by atoms with Crippen LogP contribution in [0.1, 0.15) is 16.7 Å². The molecule has 6 nitrogen and oxygen atoms in total. The summed E-state index contributed by atoms with van der Waals surface area (Å²) in [5, 5.41) is 2.80. The number of benzene rings is 3. The summed E-state index contributed by atoms with van der Waals surface area (Å²) in [5.74, 6) is 0.337. The van der Waals surface area contributed by atoms with Crippen molar-refractivity contribution in [1.29, 1.82) is 0 Å². The molecule has 184 valence electrons. The standard InChI is InChI=1S/C27H23BrN2O4S2/c1-16-7-9-19(10-8-16)29-24(31)15-34-25-21(28)12-18(13-22(25)33-3)14-23-26(32)30(27(35)36-23)20-6-4-5-17(2)11-20/h4-14H,15H2,1-3H3,(H,29,31)/b23-14-. The molecule has 0 unspecified atom stereocenters. The summed E-state index contributed by atoms with van der Waals surface area (Å²) < 4.78 is 12.3. The number of nitrogens with zero attached hydrogens (tertiary/aromatic N) is 1. The number of nitrogens with one attached hydrogen (secondary N) is 1. The first-order valence-electron chi connectivity index (χ1n) is 11.0. The summed E-state index contributed by atoms with van der Waals surface area (Å²) >= 11 is 10.2. The molecule has 9 heteroatoms. The third-order valence-electron chi connectivity index (χ3n) is 5.29. The Labute approximate surface area is 227 Å². The summed E-state index contributed by atoms with van der Waals surface area (Å²) in [6.45, 7) is 3.75. The number of aryl methyl sites for hydroxylation is 2. The minimum absolute atomic E-state index is 0.182. The lowest BCUT2D eigenvalue weighted by Crippen LogP contribution is -2.27. The second kappa shape index (κ2) is 11.3. The molecule has 36 heavy (non-hydrogen) atoms. The fraction of sp³-hybridized carbons (Fsp3) is 0.148. The van der Waals surface area contributed by atoms with Crippen molar-refractivity contribution in [3.8, 4) is 11.5 Å². The maximum absolute atomic E-state index is 13.1. The van der Waals surface area contributed by atoms with Crippen molar-refractivity contribution in [3.63, 3.8) is 0 Å². The number of halogens is 1. The average molecular weight is 584 g/mol. The van der Waals surface area contributed by atoms with E-state index in [1.807, 2.05) is 62.4 Å². The van der Waals surface area contributed by atoms with Gasteiger partial charge in [0.05, 0.1) is 22.2 Å². The molecule has 0 atom stereocenters. The first-order valence-corrected chi connectivity index (χ1v) is 13.0. The van der Waals surface area contributed by atoms with Gasteiger partial charge in [0.1, 0.15) is 0 Å². The lowest BCUT2D eigenvalue weighted by Gasteiger charge is -2.15. The quantitative estimate of drug-likeness (QED) is 0.253. The molecular formula is C27H23BrN2O4S2. The lowest BCUT2D eigenvalue weighted by molar-refractivity contribution is -0.118. The molecule has 3 aromatic rings. The van der Waals surface area contributed by atoms with E-state index in [0.717, 1.165) is 22.4 Å². The summed E-state index contributed by atoms with van der Waals surface area (Å²) in [4.78, 5) is 27.5. The van der Waals surface area contributed by atoms with Crippen LogP contribution in [0.4, 0.5) is 11.4 Å². The Balaban J connectivity index is 1.50. The van der Waals surface area contributed by atoms with Gasteiger partial charge in [-0.1, -0.05) is 53.8 Å². The fourth-order valence-electron chi connectivity index (χ4n) is 3.54. The Morgan fingerprint density at radius 2 is 1.86 bits per heavy atom. The molecule has 0 saturated carbocycles. The highest BCUT2D eigenvalue weighted by molar-refractivity contribution is 9.10. The topological polar surface area (TPSA) is 67.9 Å². The van der Waals surface area contributed by atoms with Gasteiger partial charge in [-0.15, -0.1) is 0 Å². The van der Waals surface area contributed by atoms with Crippen molar-refractivity contribution in [2.75, 3.05) is 23.9 Å². The van der Waals surface area contributed by atoms with Crippen LogP contribution in [0.15, 0.2) is 70.0 Å². The minimum atomic E-state index is -0.295. The zero-order chi connectivity index (χ0) is 25.8. The monoisotopic (exact) mass is 582 g/mol. The number of methoxy groups -OCH3 is 1. The Morgan fingerprint density at radius 3 is 2.56 bits per heavy atom. The second-order valence-corrected chi connectivity index (χ2v) is 10.6. The van der Waals surface area contributed by atoms with Gasteiger partial charge in [0.2, 0.25) is 0 Å². The van der Waals surface area contributed by atoms with Gasteiger partial charge < -0.3 is 14.8 Å². The fourth-order valence-corrected chi connectivity index (χ4v) is 5.42. The molecule has 0 radical (unpaired) electrons. The number of thiocarbonyl (C=S) groups is 1. The lowest BCUT2D eigenvalue weighted by atomic mass is 10.1. The average Bonchev–Trinajstić information content (AvgIpc) is 3.12. The highest BCUT2D eigenvalue weighted by Crippen LogP contribution is 2.40. The van der Waals surface area contributed by atoms with Crippen LogP contribution in [0.25, 0.3) is 6.08 Å². The zero-order valence-corrected chi connectivity index (χ0v) is 23.1. The van der Waals surface area contributed by atoms with E-state index in [9.17, 15) is 9.59 Å². The van der Waals surface area contributed by atoms with Crippen LogP contribution in [0.3, 0.4) is 0 Å². The Morgan fingerprint density at radius 1 is 1.11 bits per heavy atom. The Kier molecular flexibility index (Phi) is 8.13. The van der Waals surface area contributed by atoms with Crippen LogP contribution in [0.2, 0.25) is 0 Å². The van der Waals surface area contributed by atoms with Gasteiger partial charge in [-0.25, -0.2) is 0 Å². The molecule has 4 rings (SSSR count). The first-order chi connectivity index (χ1) is 17.2. The molecule has 1 aliphatic heterocycles. The molecule has 3 aromatic carbocycles.